The van der Waals surface area contributed by atoms with Crippen LogP contribution in [0.2, 0.25) is 0 Å². The summed E-state index contributed by atoms with van der Waals surface area (Å²) in [7, 11) is 6.11. The fourth-order valence-corrected chi connectivity index (χ4v) is 5.83. The number of hydrogen-bond donors (Lipinski definition) is 0. The first-order chi connectivity index (χ1) is 23.8. The maximum absolute atomic E-state index is 13.1. The fourth-order valence-electron chi connectivity index (χ4n) is 5.83. The highest BCUT2D eigenvalue weighted by Crippen LogP contribution is 2.45. The molecule has 12 heteroatoms. The van der Waals surface area contributed by atoms with Crippen LogP contribution >= 0.6 is 0 Å². The number of amides is 4. The van der Waals surface area contributed by atoms with Gasteiger partial charge in [0.1, 0.15) is 0 Å². The van der Waals surface area contributed by atoms with Crippen LogP contribution in [0.4, 0.5) is 0 Å². The van der Waals surface area contributed by atoms with Crippen molar-refractivity contribution in [2.24, 2.45) is 0 Å². The van der Waals surface area contributed by atoms with Crippen molar-refractivity contribution in [3.05, 3.63) is 70.8 Å². The van der Waals surface area contributed by atoms with E-state index in [1.54, 1.807) is 43.5 Å². The summed E-state index contributed by atoms with van der Waals surface area (Å²) in [5.41, 5.74) is 2.85. The molecule has 258 valence electrons. The summed E-state index contributed by atoms with van der Waals surface area (Å²) < 4.78 is 34.8. The minimum absolute atomic E-state index is 0.263. The zero-order chi connectivity index (χ0) is 34.9. The van der Waals surface area contributed by atoms with E-state index in [1.165, 1.54) is 49.4 Å². The maximum Gasteiger partial charge on any atom is 0.256 e. The molecular weight excluding hydrogens is 632 g/mol. The molecule has 5 rings (SSSR count). The Morgan fingerprint density at radius 3 is 1.92 bits per heavy atom. The van der Waals surface area contributed by atoms with E-state index in [-0.39, 0.29) is 30.9 Å². The molecule has 0 aromatic heterocycles. The minimum atomic E-state index is -0.403. The number of carbonyl (C=O) groups is 4. The molecule has 2 aliphatic heterocycles. The highest BCUT2D eigenvalue weighted by atomic mass is 16.5. The van der Waals surface area contributed by atoms with Gasteiger partial charge in [-0.3, -0.25) is 29.0 Å². The van der Waals surface area contributed by atoms with Crippen LogP contribution < -0.4 is 28.4 Å². The summed E-state index contributed by atoms with van der Waals surface area (Å²) in [6.45, 7) is 1.25. The molecule has 49 heavy (non-hydrogen) atoms. The number of benzene rings is 2. The lowest BCUT2D eigenvalue weighted by atomic mass is 9.90. The van der Waals surface area contributed by atoms with E-state index in [9.17, 15) is 19.2 Å². The van der Waals surface area contributed by atoms with E-state index in [0.29, 0.717) is 90.8 Å². The summed E-state index contributed by atoms with van der Waals surface area (Å²) in [6, 6.07) is 5.25. The zero-order valence-electron chi connectivity index (χ0n) is 28.1. The average Bonchev–Trinajstić information content (AvgIpc) is 3.13. The minimum Gasteiger partial charge on any atom is -0.493 e. The number of ether oxygens (including phenoxy) is 6. The smallest absolute Gasteiger partial charge is 0.256 e. The first-order valence-corrected chi connectivity index (χ1v) is 16.0. The van der Waals surface area contributed by atoms with Gasteiger partial charge in [0.05, 0.1) is 41.7 Å². The molecule has 0 unspecified atom stereocenters. The third kappa shape index (κ3) is 7.80. The predicted octanol–water partition coefficient (Wildman–Crippen LogP) is 4.54. The molecule has 0 N–H and O–H groups in total. The second kappa shape index (κ2) is 16.1. The Morgan fingerprint density at radius 1 is 0.735 bits per heavy atom. The van der Waals surface area contributed by atoms with Crippen LogP contribution in [0, 0.1) is 0 Å². The molecule has 0 atom stereocenters. The van der Waals surface area contributed by atoms with Crippen molar-refractivity contribution in [3.63, 3.8) is 0 Å². The normalized spacial score (nSPS) is 15.6. The topological polar surface area (TPSA) is 130 Å². The molecule has 0 saturated carbocycles. The second-order valence-corrected chi connectivity index (χ2v) is 11.3. The number of imide groups is 2. The number of methoxy groups -OCH3 is 4. The highest BCUT2D eigenvalue weighted by molar-refractivity contribution is 6.10. The number of rotatable bonds is 13. The Hall–Kier alpha value is -5.52. The highest BCUT2D eigenvalue weighted by Gasteiger charge is 2.29. The standard InChI is InChI=1S/C37H40N2O10/c1-44-28-20-24(12-15-33(42)38-16-7-5-10-31(38)40)21-29(45-2)35(28)48-18-9-19-49-36-30(46-3)23-26-22-25(13-14-27(26)34(36)47-4)37(43)39-17-8-6-11-32(39)41/h5-6,10-12,15,20-23H,7-9,13-14,16-19H2,1-4H3/b15-12+. The van der Waals surface area contributed by atoms with Gasteiger partial charge in [0, 0.05) is 36.7 Å². The fraction of sp³-hybridized carbons (Fsp3) is 0.351. The molecule has 2 aromatic rings. The summed E-state index contributed by atoms with van der Waals surface area (Å²) in [5.74, 6) is 1.33. The van der Waals surface area contributed by atoms with Crippen LogP contribution in [0.3, 0.4) is 0 Å². The van der Waals surface area contributed by atoms with Crippen molar-refractivity contribution in [1.82, 2.24) is 9.80 Å². The van der Waals surface area contributed by atoms with E-state index in [4.69, 9.17) is 28.4 Å². The lowest BCUT2D eigenvalue weighted by Gasteiger charge is -2.26. The Labute approximate surface area is 285 Å². The molecule has 0 fully saturated rings. The number of hydrogen-bond acceptors (Lipinski definition) is 10. The van der Waals surface area contributed by atoms with E-state index in [1.807, 2.05) is 6.07 Å². The van der Waals surface area contributed by atoms with Gasteiger partial charge in [-0.25, -0.2) is 0 Å². The summed E-state index contributed by atoms with van der Waals surface area (Å²) in [5, 5.41) is 0. The summed E-state index contributed by atoms with van der Waals surface area (Å²) >= 11 is 0. The van der Waals surface area contributed by atoms with Gasteiger partial charge in [0.15, 0.2) is 23.0 Å². The molecule has 3 aliphatic rings. The zero-order valence-corrected chi connectivity index (χ0v) is 28.1. The number of nitrogens with zero attached hydrogens (tertiary/aromatic N) is 2. The van der Waals surface area contributed by atoms with Crippen LogP contribution in [0.5, 0.6) is 34.5 Å². The van der Waals surface area contributed by atoms with Crippen molar-refractivity contribution < 1.29 is 47.6 Å². The number of carbonyl (C=O) groups excluding carboxylic acids is 4. The van der Waals surface area contributed by atoms with E-state index < -0.39 is 5.91 Å². The van der Waals surface area contributed by atoms with Crippen LogP contribution in [0.1, 0.15) is 42.4 Å². The van der Waals surface area contributed by atoms with Crippen LogP contribution in [0.15, 0.2) is 54.2 Å². The maximum atomic E-state index is 13.1. The summed E-state index contributed by atoms with van der Waals surface area (Å²) in [4.78, 5) is 52.4. The van der Waals surface area contributed by atoms with Crippen molar-refractivity contribution in [1.29, 1.82) is 0 Å². The molecule has 1 aliphatic carbocycles. The molecular formula is C37H40N2O10. The Bertz CT molecular complexity index is 1710. The van der Waals surface area contributed by atoms with E-state index in [0.717, 1.165) is 11.1 Å². The molecule has 0 saturated heterocycles. The van der Waals surface area contributed by atoms with Gasteiger partial charge < -0.3 is 28.4 Å². The number of fused-ring (bicyclic) bond motifs is 1. The Morgan fingerprint density at radius 2 is 1.33 bits per heavy atom. The van der Waals surface area contributed by atoms with E-state index in [2.05, 4.69) is 0 Å². The molecule has 0 bridgehead atoms. The lowest BCUT2D eigenvalue weighted by Crippen LogP contribution is -2.39. The van der Waals surface area contributed by atoms with Crippen molar-refractivity contribution in [3.8, 4) is 34.5 Å². The van der Waals surface area contributed by atoms with Gasteiger partial charge in [0.2, 0.25) is 11.5 Å². The van der Waals surface area contributed by atoms with Crippen LogP contribution in [0.25, 0.3) is 12.2 Å². The van der Waals surface area contributed by atoms with Gasteiger partial charge in [-0.15, -0.1) is 0 Å². The van der Waals surface area contributed by atoms with Crippen molar-refractivity contribution in [2.45, 2.75) is 32.1 Å². The van der Waals surface area contributed by atoms with E-state index >= 15 is 0 Å². The van der Waals surface area contributed by atoms with Gasteiger partial charge in [-0.05, 0) is 79.3 Å². The first-order valence-electron chi connectivity index (χ1n) is 16.0. The van der Waals surface area contributed by atoms with Crippen LogP contribution in [-0.4, -0.2) is 88.2 Å². The van der Waals surface area contributed by atoms with Crippen LogP contribution in [-0.2, 0) is 25.6 Å². The average molecular weight is 673 g/mol. The third-order valence-electron chi connectivity index (χ3n) is 8.30. The van der Waals surface area contributed by atoms with Gasteiger partial charge in [-0.1, -0.05) is 12.2 Å². The quantitative estimate of drug-likeness (QED) is 0.170. The Kier molecular flexibility index (Phi) is 11.4. The van der Waals surface area contributed by atoms with Gasteiger partial charge in [0.25, 0.3) is 23.6 Å². The summed E-state index contributed by atoms with van der Waals surface area (Å²) in [6.07, 6.45) is 13.8. The Balaban J connectivity index is 1.23. The largest absolute Gasteiger partial charge is 0.493 e. The second-order valence-electron chi connectivity index (χ2n) is 11.3. The van der Waals surface area contributed by atoms with Gasteiger partial charge in [-0.2, -0.15) is 0 Å². The monoisotopic (exact) mass is 672 g/mol. The molecule has 2 aromatic carbocycles. The van der Waals surface area contributed by atoms with Crippen molar-refractivity contribution >= 4 is 35.8 Å². The molecule has 2 heterocycles. The third-order valence-corrected chi connectivity index (χ3v) is 8.30. The van der Waals surface area contributed by atoms with Gasteiger partial charge >= 0.3 is 0 Å². The molecule has 12 nitrogen and oxygen atoms in total. The molecule has 0 spiro atoms. The first kappa shape index (κ1) is 34.8. The molecule has 0 radical (unpaired) electrons. The molecule has 4 amide bonds. The SMILES string of the molecule is COc1cc(/C=C/C(=O)N2CCC=CC2=O)cc(OC)c1OCCCOc1c(OC)cc2c(c1OC)CCC(C(=O)N1CCC=CC1=O)=C2. The lowest BCUT2D eigenvalue weighted by molar-refractivity contribution is -0.141. The van der Waals surface area contributed by atoms with Crippen molar-refractivity contribution in [2.75, 3.05) is 54.7 Å². The predicted molar refractivity (Wildman–Crippen MR) is 181 cm³/mol.